The second kappa shape index (κ2) is 6.67. The summed E-state index contributed by atoms with van der Waals surface area (Å²) in [6.45, 7) is 9.34. The van der Waals surface area contributed by atoms with Gasteiger partial charge in [0.15, 0.2) is 0 Å². The molecule has 0 saturated heterocycles. The van der Waals surface area contributed by atoms with E-state index in [1.165, 1.54) is 12.1 Å². The van der Waals surface area contributed by atoms with Crippen LogP contribution in [-0.2, 0) is 6.42 Å². The molecule has 114 valence electrons. The molecule has 0 aliphatic carbocycles. The summed E-state index contributed by atoms with van der Waals surface area (Å²) in [5.74, 6) is 0.108. The lowest BCUT2D eigenvalue weighted by Gasteiger charge is -2.25. The van der Waals surface area contributed by atoms with Gasteiger partial charge in [-0.1, -0.05) is 12.1 Å². The molecule has 0 radical (unpaired) electrons. The van der Waals surface area contributed by atoms with Gasteiger partial charge in [0.1, 0.15) is 5.82 Å². The van der Waals surface area contributed by atoms with Gasteiger partial charge in [-0.15, -0.1) is 11.3 Å². The first-order chi connectivity index (χ1) is 9.83. The van der Waals surface area contributed by atoms with E-state index in [0.29, 0.717) is 5.92 Å². The number of hydrogen-bond acceptors (Lipinski definition) is 3. The summed E-state index contributed by atoms with van der Waals surface area (Å²) in [6, 6.07) is 6.82. The van der Waals surface area contributed by atoms with Crippen LogP contribution in [0.15, 0.2) is 29.6 Å². The maximum atomic E-state index is 13.1. The van der Waals surface area contributed by atoms with Gasteiger partial charge < -0.3 is 5.32 Å². The Balaban J connectivity index is 2.15. The highest BCUT2D eigenvalue weighted by Gasteiger charge is 2.17. The molecule has 2 nitrogen and oxygen atoms in total. The monoisotopic (exact) mass is 306 g/mol. The van der Waals surface area contributed by atoms with Crippen LogP contribution >= 0.6 is 11.3 Å². The van der Waals surface area contributed by atoms with Crippen molar-refractivity contribution in [1.29, 1.82) is 0 Å². The Hall–Kier alpha value is -1.26. The average Bonchev–Trinajstić information content (AvgIpc) is 2.80. The molecule has 0 spiro atoms. The summed E-state index contributed by atoms with van der Waals surface area (Å²) < 4.78 is 13.1. The van der Waals surface area contributed by atoms with E-state index in [1.54, 1.807) is 11.3 Å². The molecular weight excluding hydrogens is 283 g/mol. The summed E-state index contributed by atoms with van der Waals surface area (Å²) in [6.07, 6.45) is 0.874. The van der Waals surface area contributed by atoms with E-state index in [0.717, 1.165) is 29.2 Å². The van der Waals surface area contributed by atoms with Gasteiger partial charge in [-0.05, 0) is 51.8 Å². The predicted molar refractivity (Wildman–Crippen MR) is 87.5 cm³/mol. The SMILES string of the molecule is Cc1nc(CC(CNC(C)(C)C)c2ccc(F)cc2)cs1. The summed E-state index contributed by atoms with van der Waals surface area (Å²) in [7, 11) is 0. The fraction of sp³-hybridized carbons (Fsp3) is 0.471. The minimum Gasteiger partial charge on any atom is -0.311 e. The topological polar surface area (TPSA) is 24.9 Å². The molecule has 0 aliphatic rings. The molecule has 1 aromatic heterocycles. The fourth-order valence-electron chi connectivity index (χ4n) is 2.23. The molecule has 2 rings (SSSR count). The molecule has 0 fully saturated rings. The van der Waals surface area contributed by atoms with Crippen molar-refractivity contribution in [3.8, 4) is 0 Å². The molecule has 1 unspecified atom stereocenters. The Morgan fingerprint density at radius 3 is 2.43 bits per heavy atom. The second-order valence-corrected chi connectivity index (χ2v) is 7.50. The molecule has 0 bridgehead atoms. The standard InChI is InChI=1S/C17H23FN2S/c1-12-20-16(11-21-12)9-14(10-19-17(2,3)4)13-5-7-15(18)8-6-13/h5-8,11,14,19H,9-10H2,1-4H3. The van der Waals surface area contributed by atoms with Crippen LogP contribution in [-0.4, -0.2) is 17.1 Å². The largest absolute Gasteiger partial charge is 0.311 e. The van der Waals surface area contributed by atoms with Crippen LogP contribution in [0.4, 0.5) is 4.39 Å². The van der Waals surface area contributed by atoms with Gasteiger partial charge in [0.05, 0.1) is 10.7 Å². The molecule has 1 aromatic carbocycles. The molecule has 0 amide bonds. The number of nitrogens with one attached hydrogen (secondary N) is 1. The van der Waals surface area contributed by atoms with Crippen LogP contribution in [0.2, 0.25) is 0 Å². The number of aryl methyl sites for hydroxylation is 1. The van der Waals surface area contributed by atoms with E-state index in [9.17, 15) is 4.39 Å². The van der Waals surface area contributed by atoms with Crippen molar-refractivity contribution >= 4 is 11.3 Å². The third-order valence-corrected chi connectivity index (χ3v) is 4.16. The molecule has 0 aliphatic heterocycles. The van der Waals surface area contributed by atoms with Gasteiger partial charge in [0.2, 0.25) is 0 Å². The van der Waals surface area contributed by atoms with Crippen molar-refractivity contribution in [3.05, 3.63) is 51.7 Å². The van der Waals surface area contributed by atoms with Gasteiger partial charge in [0, 0.05) is 23.4 Å². The van der Waals surface area contributed by atoms with E-state index in [1.807, 2.05) is 19.1 Å². The van der Waals surface area contributed by atoms with Crippen LogP contribution in [0.3, 0.4) is 0 Å². The van der Waals surface area contributed by atoms with E-state index < -0.39 is 0 Å². The Bertz CT molecular complexity index is 569. The van der Waals surface area contributed by atoms with Crippen molar-refractivity contribution < 1.29 is 4.39 Å². The molecular formula is C17H23FN2S. The van der Waals surface area contributed by atoms with E-state index in [-0.39, 0.29) is 11.4 Å². The Morgan fingerprint density at radius 1 is 1.24 bits per heavy atom. The molecule has 1 heterocycles. The van der Waals surface area contributed by atoms with Crippen LogP contribution in [0.25, 0.3) is 0 Å². The van der Waals surface area contributed by atoms with E-state index in [4.69, 9.17) is 0 Å². The van der Waals surface area contributed by atoms with Gasteiger partial charge in [-0.3, -0.25) is 0 Å². The zero-order chi connectivity index (χ0) is 15.5. The lowest BCUT2D eigenvalue weighted by molar-refractivity contribution is 0.404. The number of thiazole rings is 1. The van der Waals surface area contributed by atoms with Gasteiger partial charge in [-0.2, -0.15) is 0 Å². The highest BCUT2D eigenvalue weighted by Crippen LogP contribution is 2.22. The zero-order valence-electron chi connectivity index (χ0n) is 13.1. The van der Waals surface area contributed by atoms with Crippen LogP contribution < -0.4 is 5.32 Å². The Morgan fingerprint density at radius 2 is 1.90 bits per heavy atom. The van der Waals surface area contributed by atoms with Crippen molar-refractivity contribution in [1.82, 2.24) is 10.3 Å². The van der Waals surface area contributed by atoms with Gasteiger partial charge >= 0.3 is 0 Å². The lowest BCUT2D eigenvalue weighted by Crippen LogP contribution is -2.39. The summed E-state index contributed by atoms with van der Waals surface area (Å²) in [4.78, 5) is 4.55. The predicted octanol–water partition coefficient (Wildman–Crippen LogP) is 4.31. The first-order valence-corrected chi connectivity index (χ1v) is 8.13. The molecule has 4 heteroatoms. The minimum absolute atomic E-state index is 0.0657. The Labute approximate surface area is 130 Å². The summed E-state index contributed by atoms with van der Waals surface area (Å²) >= 11 is 1.68. The number of halogens is 1. The number of rotatable bonds is 5. The van der Waals surface area contributed by atoms with Crippen LogP contribution in [0.5, 0.6) is 0 Å². The quantitative estimate of drug-likeness (QED) is 0.890. The maximum Gasteiger partial charge on any atom is 0.123 e. The van der Waals surface area contributed by atoms with Crippen LogP contribution in [0, 0.1) is 12.7 Å². The number of aromatic nitrogens is 1. The zero-order valence-corrected chi connectivity index (χ0v) is 13.9. The highest BCUT2D eigenvalue weighted by atomic mass is 32.1. The van der Waals surface area contributed by atoms with Crippen molar-refractivity contribution in [3.63, 3.8) is 0 Å². The first kappa shape index (κ1) is 16.1. The summed E-state index contributed by atoms with van der Waals surface area (Å²) in [5, 5.41) is 6.75. The normalized spacial score (nSPS) is 13.4. The van der Waals surface area contributed by atoms with Gasteiger partial charge in [-0.25, -0.2) is 9.37 Å². The number of benzene rings is 1. The van der Waals surface area contributed by atoms with E-state index in [2.05, 4.69) is 36.5 Å². The average molecular weight is 306 g/mol. The third-order valence-electron chi connectivity index (χ3n) is 3.34. The van der Waals surface area contributed by atoms with Crippen molar-refractivity contribution in [2.24, 2.45) is 0 Å². The lowest BCUT2D eigenvalue weighted by atomic mass is 9.93. The number of nitrogens with zero attached hydrogens (tertiary/aromatic N) is 1. The fourth-order valence-corrected chi connectivity index (χ4v) is 2.85. The molecule has 1 N–H and O–H groups in total. The second-order valence-electron chi connectivity index (χ2n) is 6.44. The van der Waals surface area contributed by atoms with Gasteiger partial charge in [0.25, 0.3) is 0 Å². The molecule has 0 saturated carbocycles. The first-order valence-electron chi connectivity index (χ1n) is 7.25. The number of hydrogen-bond donors (Lipinski definition) is 1. The Kier molecular flexibility index (Phi) is 5.12. The van der Waals surface area contributed by atoms with Crippen LogP contribution in [0.1, 0.15) is 43.0 Å². The third kappa shape index (κ3) is 5.21. The summed E-state index contributed by atoms with van der Waals surface area (Å²) in [5.41, 5.74) is 2.33. The molecule has 1 atom stereocenters. The smallest absolute Gasteiger partial charge is 0.123 e. The molecule has 2 aromatic rings. The highest BCUT2D eigenvalue weighted by molar-refractivity contribution is 7.09. The minimum atomic E-state index is -0.189. The van der Waals surface area contributed by atoms with E-state index >= 15 is 0 Å². The molecule has 21 heavy (non-hydrogen) atoms. The van der Waals surface area contributed by atoms with Crippen molar-refractivity contribution in [2.75, 3.05) is 6.54 Å². The van der Waals surface area contributed by atoms with Crippen molar-refractivity contribution in [2.45, 2.75) is 45.6 Å². The maximum absolute atomic E-state index is 13.1.